The Morgan fingerprint density at radius 2 is 1.95 bits per heavy atom. The van der Waals surface area contributed by atoms with Gasteiger partial charge in [0.15, 0.2) is 6.10 Å². The molecule has 2 N–H and O–H groups in total. The highest BCUT2D eigenvalue weighted by molar-refractivity contribution is 6.30. The van der Waals surface area contributed by atoms with Crippen LogP contribution in [0.5, 0.6) is 0 Å². The van der Waals surface area contributed by atoms with Gasteiger partial charge in [-0.25, -0.2) is 4.79 Å². The van der Waals surface area contributed by atoms with E-state index in [1.54, 1.807) is 31.2 Å². The van der Waals surface area contributed by atoms with Gasteiger partial charge in [0.1, 0.15) is 0 Å². The van der Waals surface area contributed by atoms with E-state index in [2.05, 4.69) is 5.32 Å². The SMILES string of the molecule is CCOC(=O)[C@H](O)[C@@H](Nc1ccccc1)c1cccc(Cl)c1. The summed E-state index contributed by atoms with van der Waals surface area (Å²) < 4.78 is 4.91. The Balaban J connectivity index is 2.29. The lowest BCUT2D eigenvalue weighted by molar-refractivity contribution is -0.153. The summed E-state index contributed by atoms with van der Waals surface area (Å²) in [7, 11) is 0. The van der Waals surface area contributed by atoms with Gasteiger partial charge in [0.25, 0.3) is 0 Å². The van der Waals surface area contributed by atoms with Crippen molar-refractivity contribution >= 4 is 23.3 Å². The zero-order valence-electron chi connectivity index (χ0n) is 12.2. The van der Waals surface area contributed by atoms with Crippen molar-refractivity contribution < 1.29 is 14.6 Å². The molecule has 0 aliphatic rings. The van der Waals surface area contributed by atoms with Crippen molar-refractivity contribution in [3.8, 4) is 0 Å². The summed E-state index contributed by atoms with van der Waals surface area (Å²) in [5, 5.41) is 14.0. The third-order valence-electron chi connectivity index (χ3n) is 3.15. The first kappa shape index (κ1) is 16.3. The molecule has 5 heteroatoms. The molecule has 22 heavy (non-hydrogen) atoms. The van der Waals surface area contributed by atoms with Crippen molar-refractivity contribution in [3.05, 3.63) is 65.2 Å². The number of hydrogen-bond donors (Lipinski definition) is 2. The van der Waals surface area contributed by atoms with Crippen molar-refractivity contribution in [1.82, 2.24) is 0 Å². The number of benzene rings is 2. The minimum atomic E-state index is -1.33. The predicted octanol–water partition coefficient (Wildman–Crippen LogP) is 3.42. The van der Waals surface area contributed by atoms with Crippen LogP contribution in [0.15, 0.2) is 54.6 Å². The number of rotatable bonds is 6. The Bertz CT molecular complexity index is 618. The topological polar surface area (TPSA) is 58.6 Å². The molecule has 0 fully saturated rings. The van der Waals surface area contributed by atoms with Crippen LogP contribution in [-0.2, 0) is 9.53 Å². The molecule has 2 aromatic carbocycles. The van der Waals surface area contributed by atoms with Gasteiger partial charge in [-0.15, -0.1) is 0 Å². The van der Waals surface area contributed by atoms with E-state index < -0.39 is 18.1 Å². The summed E-state index contributed by atoms with van der Waals surface area (Å²) in [6.07, 6.45) is -1.33. The largest absolute Gasteiger partial charge is 0.464 e. The Hall–Kier alpha value is -2.04. The fourth-order valence-electron chi connectivity index (χ4n) is 2.12. The van der Waals surface area contributed by atoms with Crippen molar-refractivity contribution in [2.75, 3.05) is 11.9 Å². The van der Waals surface area contributed by atoms with Gasteiger partial charge in [-0.2, -0.15) is 0 Å². The number of carbonyl (C=O) groups is 1. The minimum absolute atomic E-state index is 0.212. The van der Waals surface area contributed by atoms with Crippen molar-refractivity contribution in [2.24, 2.45) is 0 Å². The van der Waals surface area contributed by atoms with Gasteiger partial charge < -0.3 is 15.2 Å². The standard InChI is InChI=1S/C17H18ClNO3/c1-2-22-17(21)16(20)15(12-7-6-8-13(18)11-12)19-14-9-4-3-5-10-14/h3-11,15-16,19-20H,2H2,1H3/t15-,16+/m0/s1. The number of anilines is 1. The van der Waals surface area contributed by atoms with E-state index in [4.69, 9.17) is 16.3 Å². The second-order valence-corrected chi connectivity index (χ2v) is 5.18. The predicted molar refractivity (Wildman–Crippen MR) is 86.9 cm³/mol. The normalized spacial score (nSPS) is 13.2. The Labute approximate surface area is 134 Å². The molecule has 0 unspecified atom stereocenters. The van der Waals surface area contributed by atoms with E-state index in [0.29, 0.717) is 10.6 Å². The number of carbonyl (C=O) groups excluding carboxylic acids is 1. The average Bonchev–Trinajstić information content (AvgIpc) is 2.53. The number of nitrogens with one attached hydrogen (secondary N) is 1. The Morgan fingerprint density at radius 1 is 1.23 bits per heavy atom. The van der Waals surface area contributed by atoms with Gasteiger partial charge in [0.05, 0.1) is 12.6 Å². The Kier molecular flexibility index (Phi) is 5.81. The van der Waals surface area contributed by atoms with Crippen molar-refractivity contribution in [1.29, 1.82) is 0 Å². The first-order chi connectivity index (χ1) is 10.6. The maximum Gasteiger partial charge on any atom is 0.337 e. The molecular weight excluding hydrogens is 302 g/mol. The minimum Gasteiger partial charge on any atom is -0.464 e. The van der Waals surface area contributed by atoms with Crippen LogP contribution in [0.2, 0.25) is 5.02 Å². The van der Waals surface area contributed by atoms with Gasteiger partial charge in [0, 0.05) is 10.7 Å². The van der Waals surface area contributed by atoms with Crippen LogP contribution in [0.3, 0.4) is 0 Å². The number of aliphatic hydroxyl groups excluding tert-OH is 1. The van der Waals surface area contributed by atoms with E-state index in [-0.39, 0.29) is 6.61 Å². The first-order valence-electron chi connectivity index (χ1n) is 7.03. The second-order valence-electron chi connectivity index (χ2n) is 4.74. The van der Waals surface area contributed by atoms with Crippen LogP contribution < -0.4 is 5.32 Å². The molecule has 2 aromatic rings. The molecule has 0 aliphatic carbocycles. The molecule has 0 spiro atoms. The fraction of sp³-hybridized carbons (Fsp3) is 0.235. The third kappa shape index (κ3) is 4.23. The molecule has 0 amide bonds. The maximum absolute atomic E-state index is 11.9. The molecule has 0 saturated carbocycles. The molecule has 0 bridgehead atoms. The summed E-state index contributed by atoms with van der Waals surface area (Å²) in [6.45, 7) is 1.91. The van der Waals surface area contributed by atoms with Gasteiger partial charge >= 0.3 is 5.97 Å². The summed E-state index contributed by atoms with van der Waals surface area (Å²) in [6, 6.07) is 15.7. The van der Waals surface area contributed by atoms with E-state index in [0.717, 1.165) is 5.69 Å². The summed E-state index contributed by atoms with van der Waals surface area (Å²) >= 11 is 6.01. The molecule has 0 saturated heterocycles. The quantitative estimate of drug-likeness (QED) is 0.801. The van der Waals surface area contributed by atoms with Gasteiger partial charge in [-0.05, 0) is 36.8 Å². The second kappa shape index (κ2) is 7.82. The number of para-hydroxylation sites is 1. The van der Waals surface area contributed by atoms with Crippen LogP contribution >= 0.6 is 11.6 Å². The highest BCUT2D eigenvalue weighted by Gasteiger charge is 2.29. The van der Waals surface area contributed by atoms with E-state index in [1.807, 2.05) is 30.3 Å². The lowest BCUT2D eigenvalue weighted by Crippen LogP contribution is -2.34. The zero-order valence-corrected chi connectivity index (χ0v) is 13.0. The van der Waals surface area contributed by atoms with E-state index in [9.17, 15) is 9.90 Å². The van der Waals surface area contributed by atoms with Gasteiger partial charge in [-0.1, -0.05) is 41.9 Å². The molecular formula is C17H18ClNO3. The maximum atomic E-state index is 11.9. The van der Waals surface area contributed by atoms with Crippen LogP contribution in [0.4, 0.5) is 5.69 Å². The lowest BCUT2D eigenvalue weighted by atomic mass is 10.0. The molecule has 0 aliphatic heterocycles. The van der Waals surface area contributed by atoms with Crippen LogP contribution in [-0.4, -0.2) is 23.8 Å². The molecule has 2 rings (SSSR count). The average molecular weight is 320 g/mol. The highest BCUT2D eigenvalue weighted by Crippen LogP contribution is 2.25. The molecule has 4 nitrogen and oxygen atoms in total. The van der Waals surface area contributed by atoms with E-state index in [1.165, 1.54) is 0 Å². The number of aliphatic hydroxyl groups is 1. The highest BCUT2D eigenvalue weighted by atomic mass is 35.5. The summed E-state index contributed by atoms with van der Waals surface area (Å²) in [5.74, 6) is -0.670. The molecule has 0 radical (unpaired) electrons. The molecule has 0 heterocycles. The van der Waals surface area contributed by atoms with Crippen molar-refractivity contribution in [2.45, 2.75) is 19.1 Å². The summed E-state index contributed by atoms with van der Waals surface area (Å²) in [5.41, 5.74) is 1.49. The van der Waals surface area contributed by atoms with E-state index >= 15 is 0 Å². The fourth-order valence-corrected chi connectivity index (χ4v) is 2.32. The van der Waals surface area contributed by atoms with Crippen LogP contribution in [0.25, 0.3) is 0 Å². The molecule has 0 aromatic heterocycles. The monoisotopic (exact) mass is 319 g/mol. The zero-order chi connectivity index (χ0) is 15.9. The number of ether oxygens (including phenoxy) is 1. The van der Waals surface area contributed by atoms with Crippen LogP contribution in [0, 0.1) is 0 Å². The molecule has 116 valence electrons. The summed E-state index contributed by atoms with van der Waals surface area (Å²) in [4.78, 5) is 11.9. The van der Waals surface area contributed by atoms with Gasteiger partial charge in [0.2, 0.25) is 0 Å². The van der Waals surface area contributed by atoms with Crippen LogP contribution in [0.1, 0.15) is 18.5 Å². The number of halogens is 1. The smallest absolute Gasteiger partial charge is 0.337 e. The number of esters is 1. The van der Waals surface area contributed by atoms with Crippen molar-refractivity contribution in [3.63, 3.8) is 0 Å². The Morgan fingerprint density at radius 3 is 2.59 bits per heavy atom. The first-order valence-corrected chi connectivity index (χ1v) is 7.41. The molecule has 2 atom stereocenters. The van der Waals surface area contributed by atoms with Gasteiger partial charge in [-0.3, -0.25) is 0 Å². The lowest BCUT2D eigenvalue weighted by Gasteiger charge is -2.24. The third-order valence-corrected chi connectivity index (χ3v) is 3.38. The number of hydrogen-bond acceptors (Lipinski definition) is 4.